The van der Waals surface area contributed by atoms with Gasteiger partial charge in [0.15, 0.2) is 0 Å². The van der Waals surface area contributed by atoms with Gasteiger partial charge >= 0.3 is 0 Å². The topological polar surface area (TPSA) is 0 Å². The monoisotopic (exact) mass is 292 g/mol. The number of rotatable bonds is 0. The minimum absolute atomic E-state index is 0. The standard InChI is InChI=1S/C8H9.Re/c1-7-5-3-4-6-8(7)2;/h3,5-6H,1-2H3;/q-1;. The minimum atomic E-state index is 0. The molecule has 9 heavy (non-hydrogen) atoms. The molecule has 1 heteroatoms. The van der Waals surface area contributed by atoms with Crippen LogP contribution in [0.4, 0.5) is 0 Å². The molecule has 1 aromatic rings. The van der Waals surface area contributed by atoms with Crippen LogP contribution in [0.5, 0.6) is 0 Å². The van der Waals surface area contributed by atoms with Crippen molar-refractivity contribution in [2.24, 2.45) is 0 Å². The molecular formula is C8H9Re-. The van der Waals surface area contributed by atoms with E-state index in [0.717, 1.165) is 0 Å². The van der Waals surface area contributed by atoms with Crippen molar-refractivity contribution < 1.29 is 20.4 Å². The van der Waals surface area contributed by atoms with E-state index in [1.165, 1.54) is 11.1 Å². The molecule has 0 saturated heterocycles. The van der Waals surface area contributed by atoms with Crippen LogP contribution in [-0.4, -0.2) is 0 Å². The molecule has 0 amide bonds. The molecule has 0 aliphatic carbocycles. The molecule has 0 spiro atoms. The Kier molecular flexibility index (Phi) is 3.77. The van der Waals surface area contributed by atoms with Gasteiger partial charge in [-0.3, -0.25) is 0 Å². The smallest absolute Gasteiger partial charge is 0 e. The molecule has 1 radical (unpaired) electrons. The molecule has 0 heterocycles. The van der Waals surface area contributed by atoms with Crippen LogP contribution in [-0.2, 0) is 20.4 Å². The van der Waals surface area contributed by atoms with E-state index in [-0.39, 0.29) is 20.4 Å². The summed E-state index contributed by atoms with van der Waals surface area (Å²) in [6.07, 6.45) is 0. The van der Waals surface area contributed by atoms with E-state index in [4.69, 9.17) is 0 Å². The quantitative estimate of drug-likeness (QED) is 0.642. The third-order valence-electron chi connectivity index (χ3n) is 1.35. The molecule has 0 fully saturated rings. The SMILES string of the molecule is Cc1c[c-]ccc1C.[Re]. The Labute approximate surface area is 69.9 Å². The Hall–Kier alpha value is -0.118. The summed E-state index contributed by atoms with van der Waals surface area (Å²) in [4.78, 5) is 0. The third kappa shape index (κ3) is 2.30. The number of aryl methyl sites for hydroxylation is 2. The summed E-state index contributed by atoms with van der Waals surface area (Å²) >= 11 is 0. The van der Waals surface area contributed by atoms with E-state index in [9.17, 15) is 0 Å². The molecular weight excluding hydrogens is 282 g/mol. The van der Waals surface area contributed by atoms with E-state index in [1.807, 2.05) is 12.1 Å². The van der Waals surface area contributed by atoms with Crippen LogP contribution in [0.3, 0.4) is 0 Å². The molecule has 0 N–H and O–H groups in total. The van der Waals surface area contributed by atoms with Crippen molar-refractivity contribution in [2.75, 3.05) is 0 Å². The normalized spacial score (nSPS) is 8.22. The van der Waals surface area contributed by atoms with Gasteiger partial charge in [-0.25, -0.2) is 0 Å². The molecule has 0 aromatic heterocycles. The van der Waals surface area contributed by atoms with Gasteiger partial charge in [0, 0.05) is 20.4 Å². The zero-order chi connectivity index (χ0) is 5.98. The van der Waals surface area contributed by atoms with Crippen LogP contribution < -0.4 is 0 Å². The van der Waals surface area contributed by atoms with Gasteiger partial charge in [-0.05, 0) is 0 Å². The van der Waals surface area contributed by atoms with Crippen LogP contribution in [0.15, 0.2) is 18.2 Å². The van der Waals surface area contributed by atoms with Gasteiger partial charge in [-0.2, -0.15) is 35.4 Å². The van der Waals surface area contributed by atoms with Crippen LogP contribution in [0.1, 0.15) is 11.1 Å². The van der Waals surface area contributed by atoms with E-state index < -0.39 is 0 Å². The molecule has 0 bridgehead atoms. The van der Waals surface area contributed by atoms with Gasteiger partial charge in [-0.1, -0.05) is 13.8 Å². The van der Waals surface area contributed by atoms with Crippen molar-refractivity contribution in [2.45, 2.75) is 13.8 Å². The molecule has 0 atom stereocenters. The predicted octanol–water partition coefficient (Wildman–Crippen LogP) is 2.10. The molecule has 1 aromatic carbocycles. The maximum absolute atomic E-state index is 3.00. The molecule has 0 aliphatic heterocycles. The van der Waals surface area contributed by atoms with Crippen molar-refractivity contribution in [3.63, 3.8) is 0 Å². The van der Waals surface area contributed by atoms with Crippen LogP contribution in [0, 0.1) is 19.9 Å². The van der Waals surface area contributed by atoms with Crippen LogP contribution in [0.2, 0.25) is 0 Å². The first-order valence-electron chi connectivity index (χ1n) is 2.74. The van der Waals surface area contributed by atoms with E-state index in [0.29, 0.717) is 0 Å². The fourth-order valence-corrected chi connectivity index (χ4v) is 0.592. The Morgan fingerprint density at radius 1 is 1.22 bits per heavy atom. The zero-order valence-electron chi connectivity index (χ0n) is 5.61. The Morgan fingerprint density at radius 2 is 1.89 bits per heavy atom. The van der Waals surface area contributed by atoms with E-state index >= 15 is 0 Å². The summed E-state index contributed by atoms with van der Waals surface area (Å²) in [6, 6.07) is 8.99. The molecule has 0 saturated carbocycles. The van der Waals surface area contributed by atoms with Crippen LogP contribution >= 0.6 is 0 Å². The van der Waals surface area contributed by atoms with Gasteiger partial charge < -0.3 is 0 Å². The second-order valence-electron chi connectivity index (χ2n) is 2.01. The first-order valence-corrected chi connectivity index (χ1v) is 2.74. The van der Waals surface area contributed by atoms with Crippen molar-refractivity contribution in [3.8, 4) is 0 Å². The molecule has 0 aliphatic rings. The molecule has 49 valence electrons. The van der Waals surface area contributed by atoms with Crippen molar-refractivity contribution >= 4 is 0 Å². The summed E-state index contributed by atoms with van der Waals surface area (Å²) in [7, 11) is 0. The fraction of sp³-hybridized carbons (Fsp3) is 0.250. The second-order valence-corrected chi connectivity index (χ2v) is 2.01. The maximum atomic E-state index is 3.00. The first kappa shape index (κ1) is 8.88. The maximum Gasteiger partial charge on any atom is 0 e. The van der Waals surface area contributed by atoms with Crippen LogP contribution in [0.25, 0.3) is 0 Å². The average Bonchev–Trinajstić information content (AvgIpc) is 1.77. The van der Waals surface area contributed by atoms with Crippen molar-refractivity contribution in [3.05, 3.63) is 35.4 Å². The Bertz CT molecular complexity index is 161. The number of hydrogen-bond acceptors (Lipinski definition) is 0. The molecule has 1 rings (SSSR count). The summed E-state index contributed by atoms with van der Waals surface area (Å²) in [5.41, 5.74) is 2.65. The number of hydrogen-bond donors (Lipinski definition) is 0. The largest absolute Gasteiger partial charge is 0.184 e. The van der Waals surface area contributed by atoms with Crippen molar-refractivity contribution in [1.29, 1.82) is 0 Å². The fourth-order valence-electron chi connectivity index (χ4n) is 0.592. The Balaban J connectivity index is 0.000000640. The summed E-state index contributed by atoms with van der Waals surface area (Å²) in [6.45, 7) is 4.19. The zero-order valence-corrected chi connectivity index (χ0v) is 8.33. The van der Waals surface area contributed by atoms with Crippen molar-refractivity contribution in [1.82, 2.24) is 0 Å². The Morgan fingerprint density at radius 3 is 2.22 bits per heavy atom. The number of benzene rings is 1. The van der Waals surface area contributed by atoms with Gasteiger partial charge in [0.05, 0.1) is 0 Å². The second kappa shape index (κ2) is 3.82. The van der Waals surface area contributed by atoms with Gasteiger partial charge in [0.1, 0.15) is 0 Å². The summed E-state index contributed by atoms with van der Waals surface area (Å²) < 4.78 is 0. The van der Waals surface area contributed by atoms with E-state index in [2.05, 4.69) is 26.0 Å². The molecule has 0 unspecified atom stereocenters. The minimum Gasteiger partial charge on any atom is -0.184 e. The van der Waals surface area contributed by atoms with E-state index in [1.54, 1.807) is 0 Å². The predicted molar refractivity (Wildman–Crippen MR) is 34.8 cm³/mol. The summed E-state index contributed by atoms with van der Waals surface area (Å²) in [5, 5.41) is 0. The van der Waals surface area contributed by atoms with Gasteiger partial charge in [-0.15, -0.1) is 0 Å². The first-order chi connectivity index (χ1) is 3.80. The third-order valence-corrected chi connectivity index (χ3v) is 1.35. The van der Waals surface area contributed by atoms with Gasteiger partial charge in [0.25, 0.3) is 0 Å². The summed E-state index contributed by atoms with van der Waals surface area (Å²) in [5.74, 6) is 0. The molecule has 0 nitrogen and oxygen atoms in total. The average molecular weight is 291 g/mol. The van der Waals surface area contributed by atoms with Gasteiger partial charge in [0.2, 0.25) is 0 Å².